The monoisotopic (exact) mass is 291 g/mol. The molecule has 2 rings (SSSR count). The van der Waals surface area contributed by atoms with E-state index in [-0.39, 0.29) is 6.61 Å². The predicted molar refractivity (Wildman–Crippen MR) is 79.3 cm³/mol. The van der Waals surface area contributed by atoms with E-state index >= 15 is 0 Å². The number of hydrogen-bond acceptors (Lipinski definition) is 5. The van der Waals surface area contributed by atoms with Gasteiger partial charge in [-0.15, -0.1) is 0 Å². The fourth-order valence-corrected chi connectivity index (χ4v) is 2.22. The van der Waals surface area contributed by atoms with Gasteiger partial charge in [0.1, 0.15) is 11.5 Å². The molecular weight excluding hydrogens is 270 g/mol. The summed E-state index contributed by atoms with van der Waals surface area (Å²) in [6, 6.07) is 7.64. The Labute approximate surface area is 124 Å². The van der Waals surface area contributed by atoms with Crippen LogP contribution in [0.3, 0.4) is 0 Å². The van der Waals surface area contributed by atoms with Crippen LogP contribution in [0.4, 0.5) is 0 Å². The summed E-state index contributed by atoms with van der Waals surface area (Å²) in [5.74, 6) is 1.60. The molecule has 6 heteroatoms. The molecule has 0 amide bonds. The Balaban J connectivity index is 2.15. The number of aliphatic hydroxyl groups excluding tert-OH is 1. The van der Waals surface area contributed by atoms with E-state index in [4.69, 9.17) is 9.47 Å². The van der Waals surface area contributed by atoms with Crippen molar-refractivity contribution in [3.8, 4) is 11.5 Å². The summed E-state index contributed by atoms with van der Waals surface area (Å²) in [6.07, 6.45) is 1.72. The van der Waals surface area contributed by atoms with Crippen molar-refractivity contribution in [1.82, 2.24) is 15.1 Å². The normalized spacial score (nSPS) is 10.9. The summed E-state index contributed by atoms with van der Waals surface area (Å²) >= 11 is 0. The Hall–Kier alpha value is -2.05. The molecule has 0 spiro atoms. The lowest BCUT2D eigenvalue weighted by molar-refractivity contribution is 0.181. The molecular formula is C15H21N3O3. The Kier molecular flexibility index (Phi) is 5.59. The lowest BCUT2D eigenvalue weighted by Gasteiger charge is -2.22. The van der Waals surface area contributed by atoms with Gasteiger partial charge in [0.05, 0.1) is 20.8 Å². The average Bonchev–Trinajstić information content (AvgIpc) is 3.00. The van der Waals surface area contributed by atoms with E-state index in [0.29, 0.717) is 19.6 Å². The quantitative estimate of drug-likeness (QED) is 0.770. The van der Waals surface area contributed by atoms with Crippen LogP contribution in [-0.4, -0.2) is 47.6 Å². The Morgan fingerprint density at radius 2 is 2.05 bits per heavy atom. The molecule has 0 atom stereocenters. The summed E-state index contributed by atoms with van der Waals surface area (Å²) in [5, 5.41) is 16.1. The zero-order valence-electron chi connectivity index (χ0n) is 12.4. The van der Waals surface area contributed by atoms with E-state index in [2.05, 4.69) is 15.1 Å². The van der Waals surface area contributed by atoms with Crippen molar-refractivity contribution in [2.24, 2.45) is 0 Å². The Morgan fingerprint density at radius 1 is 1.19 bits per heavy atom. The van der Waals surface area contributed by atoms with Gasteiger partial charge in [-0.05, 0) is 24.3 Å². The first-order valence-corrected chi connectivity index (χ1v) is 6.79. The molecule has 1 aromatic heterocycles. The molecule has 0 saturated heterocycles. The van der Waals surface area contributed by atoms with Gasteiger partial charge in [-0.1, -0.05) is 0 Å². The lowest BCUT2D eigenvalue weighted by Crippen LogP contribution is -2.26. The summed E-state index contributed by atoms with van der Waals surface area (Å²) in [7, 11) is 3.29. The van der Waals surface area contributed by atoms with E-state index in [1.54, 1.807) is 20.4 Å². The number of methoxy groups -OCH3 is 2. The second-order valence-electron chi connectivity index (χ2n) is 4.69. The third kappa shape index (κ3) is 4.21. The van der Waals surface area contributed by atoms with Gasteiger partial charge in [-0.2, -0.15) is 5.10 Å². The minimum absolute atomic E-state index is 0.0976. The van der Waals surface area contributed by atoms with Gasteiger partial charge < -0.3 is 14.6 Å². The maximum atomic E-state index is 9.25. The second kappa shape index (κ2) is 7.66. The standard InChI is InChI=1S/C15H21N3O3/c1-20-14-3-4-15(21-2)12(9-14)10-18(7-8-19)11-13-5-6-16-17-13/h3-6,9,19H,7-8,10-11H2,1-2H3,(H,16,17). The minimum Gasteiger partial charge on any atom is -0.497 e. The van der Waals surface area contributed by atoms with Crippen molar-refractivity contribution in [3.05, 3.63) is 41.7 Å². The van der Waals surface area contributed by atoms with Crippen LogP contribution in [0.1, 0.15) is 11.3 Å². The summed E-state index contributed by atoms with van der Waals surface area (Å²) in [4.78, 5) is 2.12. The van der Waals surface area contributed by atoms with Gasteiger partial charge in [-0.3, -0.25) is 10.00 Å². The minimum atomic E-state index is 0.0976. The number of nitrogens with zero attached hydrogens (tertiary/aromatic N) is 2. The highest BCUT2D eigenvalue weighted by Gasteiger charge is 2.12. The summed E-state index contributed by atoms with van der Waals surface area (Å²) in [6.45, 7) is 2.00. The molecule has 6 nitrogen and oxygen atoms in total. The second-order valence-corrected chi connectivity index (χ2v) is 4.69. The first-order valence-electron chi connectivity index (χ1n) is 6.79. The highest BCUT2D eigenvalue weighted by atomic mass is 16.5. The van der Waals surface area contributed by atoms with Crippen LogP contribution in [0.15, 0.2) is 30.5 Å². The molecule has 0 radical (unpaired) electrons. The smallest absolute Gasteiger partial charge is 0.123 e. The van der Waals surface area contributed by atoms with E-state index in [0.717, 1.165) is 22.8 Å². The van der Waals surface area contributed by atoms with Gasteiger partial charge in [0, 0.05) is 37.1 Å². The molecule has 2 N–H and O–H groups in total. The maximum Gasteiger partial charge on any atom is 0.123 e. The molecule has 0 fully saturated rings. The molecule has 114 valence electrons. The fraction of sp³-hybridized carbons (Fsp3) is 0.400. The van der Waals surface area contributed by atoms with Crippen LogP contribution >= 0.6 is 0 Å². The molecule has 0 unspecified atom stereocenters. The van der Waals surface area contributed by atoms with E-state index in [9.17, 15) is 5.11 Å². The van der Waals surface area contributed by atoms with Crippen molar-refractivity contribution in [1.29, 1.82) is 0 Å². The zero-order chi connectivity index (χ0) is 15.1. The summed E-state index contributed by atoms with van der Waals surface area (Å²) < 4.78 is 10.7. The molecule has 2 aromatic rings. The predicted octanol–water partition coefficient (Wildman–Crippen LogP) is 1.42. The van der Waals surface area contributed by atoms with Crippen LogP contribution in [0, 0.1) is 0 Å². The molecule has 0 saturated carbocycles. The Bertz CT molecular complexity index is 543. The molecule has 1 aromatic carbocycles. The molecule has 0 aliphatic heterocycles. The van der Waals surface area contributed by atoms with Crippen molar-refractivity contribution >= 4 is 0 Å². The highest BCUT2D eigenvalue weighted by Crippen LogP contribution is 2.25. The zero-order valence-corrected chi connectivity index (χ0v) is 12.4. The van der Waals surface area contributed by atoms with Crippen LogP contribution in [0.25, 0.3) is 0 Å². The van der Waals surface area contributed by atoms with Crippen molar-refractivity contribution in [3.63, 3.8) is 0 Å². The number of benzene rings is 1. The summed E-state index contributed by atoms with van der Waals surface area (Å²) in [5.41, 5.74) is 2.02. The molecule has 0 aliphatic carbocycles. The number of hydrogen-bond donors (Lipinski definition) is 2. The highest BCUT2D eigenvalue weighted by molar-refractivity contribution is 5.40. The maximum absolute atomic E-state index is 9.25. The van der Waals surface area contributed by atoms with Crippen LogP contribution < -0.4 is 9.47 Å². The number of ether oxygens (including phenoxy) is 2. The van der Waals surface area contributed by atoms with Crippen LogP contribution in [-0.2, 0) is 13.1 Å². The first-order chi connectivity index (χ1) is 10.3. The van der Waals surface area contributed by atoms with Crippen LogP contribution in [0.5, 0.6) is 11.5 Å². The van der Waals surface area contributed by atoms with Gasteiger partial charge >= 0.3 is 0 Å². The fourth-order valence-electron chi connectivity index (χ4n) is 2.22. The van der Waals surface area contributed by atoms with Gasteiger partial charge in [0.2, 0.25) is 0 Å². The number of H-pyrrole nitrogens is 1. The van der Waals surface area contributed by atoms with E-state index in [1.807, 2.05) is 24.3 Å². The number of nitrogens with one attached hydrogen (secondary N) is 1. The van der Waals surface area contributed by atoms with E-state index in [1.165, 1.54) is 0 Å². The average molecular weight is 291 g/mol. The molecule has 0 aliphatic rings. The van der Waals surface area contributed by atoms with Crippen molar-refractivity contribution in [2.75, 3.05) is 27.4 Å². The van der Waals surface area contributed by atoms with Crippen LogP contribution in [0.2, 0.25) is 0 Å². The third-order valence-electron chi connectivity index (χ3n) is 3.25. The Morgan fingerprint density at radius 3 is 2.67 bits per heavy atom. The van der Waals surface area contributed by atoms with Gasteiger partial charge in [0.25, 0.3) is 0 Å². The first kappa shape index (κ1) is 15.3. The van der Waals surface area contributed by atoms with Crippen molar-refractivity contribution < 1.29 is 14.6 Å². The molecule has 21 heavy (non-hydrogen) atoms. The van der Waals surface area contributed by atoms with E-state index < -0.39 is 0 Å². The SMILES string of the molecule is COc1ccc(OC)c(CN(CCO)Cc2ccn[nH]2)c1. The van der Waals surface area contributed by atoms with Gasteiger partial charge in [0.15, 0.2) is 0 Å². The third-order valence-corrected chi connectivity index (χ3v) is 3.25. The van der Waals surface area contributed by atoms with Crippen molar-refractivity contribution in [2.45, 2.75) is 13.1 Å². The number of rotatable bonds is 8. The number of aliphatic hydroxyl groups is 1. The molecule has 1 heterocycles. The topological polar surface area (TPSA) is 70.6 Å². The largest absolute Gasteiger partial charge is 0.497 e. The van der Waals surface area contributed by atoms with Gasteiger partial charge in [-0.25, -0.2) is 0 Å². The number of aromatic nitrogens is 2. The lowest BCUT2D eigenvalue weighted by atomic mass is 10.1. The molecule has 0 bridgehead atoms. The number of aromatic amines is 1.